The van der Waals surface area contributed by atoms with Crippen LogP contribution in [0.4, 0.5) is 0 Å². The highest BCUT2D eigenvalue weighted by Crippen LogP contribution is 2.27. The van der Waals surface area contributed by atoms with E-state index >= 15 is 0 Å². The highest BCUT2D eigenvalue weighted by Gasteiger charge is 2.13. The summed E-state index contributed by atoms with van der Waals surface area (Å²) in [6.45, 7) is 0. The Morgan fingerprint density at radius 3 is 2.07 bits per heavy atom. The Kier molecular flexibility index (Phi) is 2.18. The Morgan fingerprint density at radius 1 is 0.933 bits per heavy atom. The summed E-state index contributed by atoms with van der Waals surface area (Å²) in [6, 6.07) is 13.5. The molecule has 0 amide bonds. The van der Waals surface area contributed by atoms with E-state index in [1.165, 1.54) is 28.0 Å². The van der Waals surface area contributed by atoms with Crippen LogP contribution < -0.4 is 0 Å². The fraction of sp³-hybridized carbons (Fsp3) is 0.154. The fourth-order valence-electron chi connectivity index (χ4n) is 2.55. The van der Waals surface area contributed by atoms with Crippen molar-refractivity contribution >= 4 is 34.4 Å². The van der Waals surface area contributed by atoms with Crippen LogP contribution in [0.2, 0.25) is 0 Å². The van der Waals surface area contributed by atoms with Crippen molar-refractivity contribution < 1.29 is 0 Å². The van der Waals surface area contributed by atoms with Gasteiger partial charge in [-0.2, -0.15) is 0 Å². The smallest absolute Gasteiger partial charge is 0.0122 e. The van der Waals surface area contributed by atoms with Crippen LogP contribution in [0.5, 0.6) is 0 Å². The maximum atomic E-state index is 2.31. The molecule has 0 aromatic heterocycles. The molecule has 1 aliphatic carbocycles. The van der Waals surface area contributed by atoms with E-state index in [0.29, 0.717) is 8.65 Å². The SMILES string of the molecule is [SiH3][SiH]=C1Cc2cccc3cccc(c23)C1. The summed E-state index contributed by atoms with van der Waals surface area (Å²) in [5.74, 6) is 0. The summed E-state index contributed by atoms with van der Waals surface area (Å²) in [7, 11) is 2.04. The molecular weight excluding hydrogens is 212 g/mol. The van der Waals surface area contributed by atoms with Gasteiger partial charge in [-0.15, -0.1) is 0 Å². The summed E-state index contributed by atoms with van der Waals surface area (Å²) in [6.07, 6.45) is 2.51. The monoisotopic (exact) mass is 226 g/mol. The van der Waals surface area contributed by atoms with Gasteiger partial charge in [0, 0.05) is 9.76 Å². The minimum Gasteiger partial charge on any atom is -0.0877 e. The molecule has 0 fully saturated rings. The van der Waals surface area contributed by atoms with E-state index in [1.807, 2.05) is 5.17 Å². The van der Waals surface area contributed by atoms with E-state index in [2.05, 4.69) is 36.4 Å². The largest absolute Gasteiger partial charge is 0.0877 e. The van der Waals surface area contributed by atoms with Gasteiger partial charge in [-0.05, 0) is 43.4 Å². The van der Waals surface area contributed by atoms with Crippen LogP contribution in [-0.4, -0.2) is 23.6 Å². The van der Waals surface area contributed by atoms with Gasteiger partial charge < -0.3 is 0 Å². The lowest BCUT2D eigenvalue weighted by Crippen LogP contribution is -2.17. The molecule has 0 radical (unpaired) electrons. The Hall–Kier alpha value is -0.996. The quantitative estimate of drug-likeness (QED) is 0.584. The Balaban J connectivity index is 2.36. The topological polar surface area (TPSA) is 0 Å². The first-order chi connectivity index (χ1) is 7.38. The van der Waals surface area contributed by atoms with Crippen LogP contribution in [0.15, 0.2) is 36.4 Å². The summed E-state index contributed by atoms with van der Waals surface area (Å²) in [5, 5.41) is 4.78. The van der Waals surface area contributed by atoms with E-state index < -0.39 is 0 Å². The van der Waals surface area contributed by atoms with Crippen LogP contribution in [-0.2, 0) is 12.8 Å². The molecule has 3 rings (SSSR count). The van der Waals surface area contributed by atoms with Gasteiger partial charge in [-0.3, -0.25) is 0 Å². The lowest BCUT2D eigenvalue weighted by atomic mass is 9.88. The van der Waals surface area contributed by atoms with Gasteiger partial charge in [0.1, 0.15) is 0 Å². The summed E-state index contributed by atoms with van der Waals surface area (Å²) < 4.78 is 0. The molecule has 0 saturated carbocycles. The average Bonchev–Trinajstić information content (AvgIpc) is 2.29. The number of hydrogen-bond donors (Lipinski definition) is 0. The Labute approximate surface area is 95.0 Å². The van der Waals surface area contributed by atoms with Crippen LogP contribution in [0.25, 0.3) is 10.8 Å². The zero-order valence-corrected chi connectivity index (χ0v) is 12.1. The lowest BCUT2D eigenvalue weighted by molar-refractivity contribution is 1.23. The van der Waals surface area contributed by atoms with Gasteiger partial charge in [0.05, 0.1) is 0 Å². The van der Waals surface area contributed by atoms with E-state index in [4.69, 9.17) is 0 Å². The normalized spacial score (nSPS) is 14.5. The minimum absolute atomic E-state index is 0.655. The second-order valence-electron chi connectivity index (χ2n) is 4.23. The summed E-state index contributed by atoms with van der Waals surface area (Å²) in [5.41, 5.74) is 3.13. The molecule has 74 valence electrons. The molecule has 0 atom stereocenters. The maximum absolute atomic E-state index is 2.31. The lowest BCUT2D eigenvalue weighted by Gasteiger charge is -2.19. The number of hydrogen-bond acceptors (Lipinski definition) is 0. The van der Waals surface area contributed by atoms with Crippen molar-refractivity contribution in [2.75, 3.05) is 0 Å². The van der Waals surface area contributed by atoms with Crippen molar-refractivity contribution in [2.24, 2.45) is 0 Å². The van der Waals surface area contributed by atoms with Crippen molar-refractivity contribution in [2.45, 2.75) is 12.8 Å². The van der Waals surface area contributed by atoms with Crippen LogP contribution >= 0.6 is 0 Å². The predicted octanol–water partition coefficient (Wildman–Crippen LogP) is 0.828. The zero-order chi connectivity index (χ0) is 10.3. The molecule has 0 N–H and O–H groups in total. The van der Waals surface area contributed by atoms with E-state index in [1.54, 1.807) is 16.5 Å². The molecule has 0 unspecified atom stereocenters. The Morgan fingerprint density at radius 2 is 1.53 bits per heavy atom. The van der Waals surface area contributed by atoms with Crippen molar-refractivity contribution in [3.8, 4) is 0 Å². The highest BCUT2D eigenvalue weighted by molar-refractivity contribution is 6.94. The van der Waals surface area contributed by atoms with Crippen LogP contribution in [0.3, 0.4) is 0 Å². The first kappa shape index (κ1) is 9.25. The van der Waals surface area contributed by atoms with Gasteiger partial charge in [-0.1, -0.05) is 41.6 Å². The molecule has 0 aliphatic heterocycles. The van der Waals surface area contributed by atoms with Gasteiger partial charge in [0.2, 0.25) is 0 Å². The molecule has 1 aliphatic rings. The second kappa shape index (κ2) is 3.54. The first-order valence-electron chi connectivity index (χ1n) is 5.52. The van der Waals surface area contributed by atoms with Gasteiger partial charge in [0.25, 0.3) is 0 Å². The molecule has 0 bridgehead atoms. The molecule has 2 aromatic carbocycles. The third-order valence-corrected chi connectivity index (χ3v) is 6.99. The van der Waals surface area contributed by atoms with Crippen molar-refractivity contribution in [1.29, 1.82) is 0 Å². The van der Waals surface area contributed by atoms with Crippen molar-refractivity contribution in [3.05, 3.63) is 47.5 Å². The van der Waals surface area contributed by atoms with Crippen LogP contribution in [0.1, 0.15) is 11.1 Å². The summed E-state index contributed by atoms with van der Waals surface area (Å²) >= 11 is 0. The average molecular weight is 226 g/mol. The molecule has 15 heavy (non-hydrogen) atoms. The van der Waals surface area contributed by atoms with E-state index in [0.717, 1.165) is 0 Å². The molecule has 2 aromatic rings. The van der Waals surface area contributed by atoms with Crippen LogP contribution in [0, 0.1) is 0 Å². The van der Waals surface area contributed by atoms with Gasteiger partial charge in [-0.25, -0.2) is 0 Å². The summed E-state index contributed by atoms with van der Waals surface area (Å²) in [4.78, 5) is 0. The van der Waals surface area contributed by atoms with Gasteiger partial charge >= 0.3 is 0 Å². The fourth-order valence-corrected chi connectivity index (χ4v) is 4.63. The number of benzene rings is 2. The maximum Gasteiger partial charge on any atom is 0.0122 e. The second-order valence-corrected chi connectivity index (χ2v) is 7.36. The Bertz CT molecular complexity index is 513. The predicted molar refractivity (Wildman–Crippen MR) is 73.5 cm³/mol. The first-order valence-corrected chi connectivity index (χ1v) is 10.7. The standard InChI is InChI=1S/C13H14Si2/c14-15-12-7-10-5-1-3-9-4-2-6-11(8-12)13(9)10/h1-6,15H,7-8H2,14H3. The molecule has 2 heteroatoms. The van der Waals surface area contributed by atoms with E-state index in [9.17, 15) is 0 Å². The third kappa shape index (κ3) is 1.45. The highest BCUT2D eigenvalue weighted by atomic mass is 29.1. The molecule has 0 spiro atoms. The minimum atomic E-state index is 0.655. The zero-order valence-electron chi connectivity index (χ0n) is 8.96. The van der Waals surface area contributed by atoms with Crippen molar-refractivity contribution in [3.63, 3.8) is 0 Å². The molecule has 0 nitrogen and oxygen atoms in total. The molecule has 0 saturated heterocycles. The van der Waals surface area contributed by atoms with E-state index in [-0.39, 0.29) is 0 Å². The van der Waals surface area contributed by atoms with Crippen molar-refractivity contribution in [1.82, 2.24) is 0 Å². The third-order valence-electron chi connectivity index (χ3n) is 3.32. The molecule has 0 heterocycles. The molecular formula is C13H14Si2. The number of rotatable bonds is 0. The van der Waals surface area contributed by atoms with Gasteiger partial charge in [0.15, 0.2) is 0 Å².